The van der Waals surface area contributed by atoms with Crippen molar-refractivity contribution in [1.82, 2.24) is 67.3 Å². The molecule has 143 heavy (non-hydrogen) atoms. The van der Waals surface area contributed by atoms with Crippen molar-refractivity contribution in [3.63, 3.8) is 0 Å². The zero-order chi connectivity index (χ0) is 104. The predicted molar refractivity (Wildman–Crippen MR) is 514 cm³/mol. The fourth-order valence-electron chi connectivity index (χ4n) is 16.1. The normalized spacial score (nSPS) is 29.4. The second-order valence-electron chi connectivity index (χ2n) is 33.0. The van der Waals surface area contributed by atoms with Crippen molar-refractivity contribution < 1.29 is 150 Å². The number of fused-ring (bicyclic) bond motifs is 1. The lowest BCUT2D eigenvalue weighted by Gasteiger charge is -2.31. The minimum Gasteiger partial charge on any atom is -0.387 e. The molecule has 28 atom stereocenters. The van der Waals surface area contributed by atoms with Gasteiger partial charge in [0.15, 0.2) is 42.6 Å². The molecule has 0 amide bonds. The molecule has 6 aliphatic rings. The maximum absolute atomic E-state index is 15.5. The number of aromatic amines is 2. The molecular formula is C76H113N18O39P5S5. The molecule has 7 aromatic rings. The zero-order valence-electron chi connectivity index (χ0n) is 78.5. The van der Waals surface area contributed by atoms with Crippen LogP contribution in [0.3, 0.4) is 0 Å². The van der Waals surface area contributed by atoms with Crippen molar-refractivity contribution >= 4 is 128 Å². The summed E-state index contributed by atoms with van der Waals surface area (Å²) in [5.74, 6) is -0.459. The van der Waals surface area contributed by atoms with Gasteiger partial charge in [-0.3, -0.25) is 69.6 Å². The molecule has 6 saturated heterocycles. The number of nitrogens with zero attached hydrogens (tertiary/aromatic N) is 12. The van der Waals surface area contributed by atoms with Crippen LogP contribution in [0.1, 0.15) is 85.0 Å². The maximum Gasteiger partial charge on any atom is 0.386 e. The topological polar surface area (TPSA) is 720 Å². The Hall–Kier alpha value is -6.31. The third-order valence-corrected chi connectivity index (χ3v) is 31.1. The fourth-order valence-corrected chi connectivity index (χ4v) is 23.4. The smallest absolute Gasteiger partial charge is 0.386 e. The molecule has 15 N–H and O–H groups in total. The van der Waals surface area contributed by atoms with Gasteiger partial charge in [0.05, 0.1) is 118 Å². The molecule has 13 rings (SSSR count). The number of nitrogen functional groups attached to an aromatic ring is 4. The Morgan fingerprint density at radius 2 is 0.734 bits per heavy atom. The standard InChI is InChI=1S/C76H113N18O39P5S5/c1-12-41-42(23-48(123-41)89-27-39(5)65(96)87-75(89)101)129-134(103,139)119-30-44-51(56(114-19-14-109-8)68(125-44)91-25-37(3)61(78)85-73(91)99)130-136(105,141)121-32-46-53(58(116-21-16-111-10)70(127-46)93-28-40(6)66(97)88-76(93)102)132-137(106,142)120-31-45-52(57(115-20-15-110-9)69(126-45)92-26-38(4)62(79)86-74(92)100)131-138(107,143)122-33-47-54(59(117-22-17-112-11)71(128-47)94-35-83-49-63(80)81-34-82-64(49)94)133-135(104,140)118-29-43-50(95)55(113-18-13-108-7)67(124-43)90-24-36(2)60(77)84-72(90)98/h24-28,34-35,41-48,50-59,67-71,95H,12-23,29-33H2,1-11H3,(H,103,139)(H,104,140)(H,105,141)(H,106,142)(H,107,143)(H2,77,84,98)(H2,78,85,99)(H2,79,86,100)(H2,80,81,82)(H,87,96,101)(H,88,97,102)/t41-,42?,43-,44-,45-,46-,47-,48-,50?,51?,52?,53?,54?,55+,56+,57+,58+,59+,67-,68-,69-,70-,71-,134?,135?,136?,137?,138?/m1/s1. The molecule has 6 aliphatic heterocycles. The van der Waals surface area contributed by atoms with Gasteiger partial charge in [0.25, 0.3) is 11.1 Å². The van der Waals surface area contributed by atoms with E-state index in [2.05, 4.69) is 52.1 Å². The van der Waals surface area contributed by atoms with Gasteiger partial charge in [0.1, 0.15) is 127 Å². The van der Waals surface area contributed by atoms with E-state index in [1.807, 2.05) is 0 Å². The molecule has 0 saturated carbocycles. The van der Waals surface area contributed by atoms with Crippen LogP contribution < -0.4 is 62.5 Å². The third-order valence-electron chi connectivity index (χ3n) is 23.2. The number of aliphatic hydroxyl groups is 1. The lowest BCUT2D eigenvalue weighted by Crippen LogP contribution is -2.42. The summed E-state index contributed by atoms with van der Waals surface area (Å²) in [6, 6.07) is 0. The molecule has 796 valence electrons. The van der Waals surface area contributed by atoms with Crippen LogP contribution in [0.5, 0.6) is 0 Å². The highest BCUT2D eigenvalue weighted by atomic mass is 32.7. The number of nitrogens with one attached hydrogen (secondary N) is 2. The zero-order valence-corrected chi connectivity index (χ0v) is 87.1. The Balaban J connectivity index is 0.797. The van der Waals surface area contributed by atoms with Crippen molar-refractivity contribution in [2.45, 2.75) is 196 Å². The summed E-state index contributed by atoms with van der Waals surface area (Å²) >= 11 is 27.5. The van der Waals surface area contributed by atoms with Gasteiger partial charge in [-0.1, -0.05) is 19.2 Å². The highest BCUT2D eigenvalue weighted by molar-refractivity contribution is 8.44. The van der Waals surface area contributed by atoms with E-state index in [4.69, 9.17) is 191 Å². The Labute approximate surface area is 838 Å². The van der Waals surface area contributed by atoms with Gasteiger partial charge in [0, 0.05) is 101 Å². The number of thiol groups is 1. The number of aromatic nitrogens is 14. The minimum atomic E-state index is -5.11. The van der Waals surface area contributed by atoms with Crippen LogP contribution >= 0.6 is 45.9 Å². The number of aliphatic hydroxyl groups excluding tert-OH is 1. The molecule has 0 spiro atoms. The van der Waals surface area contributed by atoms with E-state index < -0.39 is 247 Å². The first-order valence-corrected chi connectivity index (χ1v) is 56.9. The predicted octanol–water partition coefficient (Wildman–Crippen LogP) is -0.814. The Morgan fingerprint density at radius 3 is 1.13 bits per heavy atom. The first kappa shape index (κ1) is 114. The van der Waals surface area contributed by atoms with E-state index in [1.165, 1.54) is 98.9 Å². The molecule has 0 aromatic carbocycles. The summed E-state index contributed by atoms with van der Waals surface area (Å²) < 4.78 is 181. The van der Waals surface area contributed by atoms with Crippen LogP contribution in [0.15, 0.2) is 77.2 Å². The monoisotopic (exact) mass is 2220 g/mol. The number of ether oxygens (including phenoxy) is 16. The average molecular weight is 2220 g/mol. The van der Waals surface area contributed by atoms with Gasteiger partial charge < -0.3 is 146 Å². The van der Waals surface area contributed by atoms with Crippen molar-refractivity contribution in [1.29, 1.82) is 0 Å². The molecule has 57 nitrogen and oxygen atoms in total. The van der Waals surface area contributed by atoms with E-state index in [0.29, 0.717) is 5.56 Å². The maximum atomic E-state index is 15.5. The molecule has 0 aliphatic carbocycles. The molecular weight excluding hydrogens is 2100 g/mol. The quantitative estimate of drug-likeness (QED) is 0.0126. The van der Waals surface area contributed by atoms with Crippen LogP contribution in [-0.2, 0) is 173 Å². The summed E-state index contributed by atoms with van der Waals surface area (Å²) in [5, 5.41) is 11.8. The van der Waals surface area contributed by atoms with Crippen molar-refractivity contribution in [3.05, 3.63) is 145 Å². The number of hydrogen-bond acceptors (Lipinski definition) is 49. The SMILES string of the molecule is CC[C@H]1O[C@@H](n2cc(C)c(=O)[nH]c2=O)CC1OP(O)(=S)OC[C@H]1O[C@@H](n2cc(C)c(N)nc2=O)[C@@H](OCCOC)C1OP(=O)(S)OC[C@H]1O[C@@H](n2cc(C)c(=O)[nH]c2=O)[C@@H](OCCOC)C1OP(O)(=S)OC[C@H]1O[C@@H](n2cc(C)c(N)nc2=O)[C@@H](OCCOC)C1OP(O)(=S)OC[C@H]1O[C@@H](n2cnc3c(N)ncnc32)[C@@H](OCCOC)C1OP(O)(=S)OC[C@H]1O[C@@H](n2cc(C)c(N)nc2=O)[C@@H](OCCOC)C1O. The van der Waals surface area contributed by atoms with Crippen LogP contribution in [0.2, 0.25) is 0 Å². The van der Waals surface area contributed by atoms with Crippen molar-refractivity contribution in [2.24, 2.45) is 0 Å². The summed E-state index contributed by atoms with van der Waals surface area (Å²) in [7, 11) is 6.85. The Bertz CT molecular complexity index is 6300. The van der Waals surface area contributed by atoms with Gasteiger partial charge in [0.2, 0.25) is 0 Å². The van der Waals surface area contributed by atoms with Gasteiger partial charge in [-0.15, -0.1) is 0 Å². The highest BCUT2D eigenvalue weighted by Gasteiger charge is 2.58. The number of nitrogens with two attached hydrogens (primary N) is 4. The first-order chi connectivity index (χ1) is 67.8. The Kier molecular flexibility index (Phi) is 39.5. The van der Waals surface area contributed by atoms with Crippen molar-refractivity contribution in [3.8, 4) is 0 Å². The van der Waals surface area contributed by atoms with Crippen LogP contribution in [0, 0.1) is 34.6 Å². The average Bonchev–Trinajstić information content (AvgIpc) is 1.62. The molecule has 0 radical (unpaired) electrons. The molecule has 7 aromatic heterocycles. The molecule has 13 heterocycles. The molecule has 0 bridgehead atoms. The van der Waals surface area contributed by atoms with Crippen molar-refractivity contribution in [2.75, 3.05) is 158 Å². The number of anilines is 4. The van der Waals surface area contributed by atoms with Gasteiger partial charge in [-0.05, 0) is 88.3 Å². The molecule has 11 unspecified atom stereocenters. The first-order valence-electron chi connectivity index (χ1n) is 43.9. The van der Waals surface area contributed by atoms with Crippen LogP contribution in [0.4, 0.5) is 23.3 Å². The van der Waals surface area contributed by atoms with E-state index in [-0.39, 0.29) is 136 Å². The molecule has 6 fully saturated rings. The Morgan fingerprint density at radius 1 is 0.406 bits per heavy atom. The van der Waals surface area contributed by atoms with E-state index in [9.17, 15) is 58.2 Å². The van der Waals surface area contributed by atoms with E-state index in [0.717, 1.165) is 35.4 Å². The number of imidazole rings is 1. The minimum absolute atomic E-state index is 0.0397. The number of H-pyrrole nitrogens is 2. The second-order valence-corrected chi connectivity index (χ2v) is 47.1. The number of hydrogen-bond donors (Lipinski definition) is 12. The number of methoxy groups -OCH3 is 5. The fraction of sp³-hybridized carbons (Fsp3) is 0.671. The van der Waals surface area contributed by atoms with Gasteiger partial charge in [-0.2, -0.15) is 15.0 Å². The van der Waals surface area contributed by atoms with Crippen LogP contribution in [-0.4, -0.2) is 330 Å². The largest absolute Gasteiger partial charge is 0.387 e. The lowest BCUT2D eigenvalue weighted by atomic mass is 10.1. The third kappa shape index (κ3) is 27.9. The summed E-state index contributed by atoms with van der Waals surface area (Å²) in [6.07, 6.45) is -26.1. The van der Waals surface area contributed by atoms with Gasteiger partial charge >= 0.3 is 62.1 Å². The summed E-state index contributed by atoms with van der Waals surface area (Å²) in [5.41, 5.74) is 19.6. The summed E-state index contributed by atoms with van der Waals surface area (Å²) in [4.78, 5) is 173. The molecule has 67 heteroatoms. The van der Waals surface area contributed by atoms with E-state index in [1.54, 1.807) is 13.8 Å². The lowest BCUT2D eigenvalue weighted by molar-refractivity contribution is -0.0837. The number of aryl methyl sites for hydroxylation is 5. The van der Waals surface area contributed by atoms with Gasteiger partial charge in [-0.25, -0.2) is 43.5 Å². The summed E-state index contributed by atoms with van der Waals surface area (Å²) in [6.45, 7) is -21.3. The second kappa shape index (κ2) is 49.6. The highest BCUT2D eigenvalue weighted by Crippen LogP contribution is 2.60. The number of rotatable bonds is 52. The van der Waals surface area contributed by atoms with E-state index >= 15 is 4.57 Å². The van der Waals surface area contributed by atoms with Crippen LogP contribution in [0.25, 0.3) is 11.2 Å².